The molecule has 18 heavy (non-hydrogen) atoms. The lowest BCUT2D eigenvalue weighted by molar-refractivity contribution is 0.0228. The van der Waals surface area contributed by atoms with Crippen LogP contribution in [-0.2, 0) is 4.74 Å². The van der Waals surface area contributed by atoms with Crippen LogP contribution in [-0.4, -0.2) is 32.3 Å². The molecule has 0 aromatic heterocycles. The molecule has 0 heterocycles. The molecule has 1 aromatic carbocycles. The number of carbonyl (C=O) groups is 1. The minimum Gasteiger partial charge on any atom is -0.497 e. The summed E-state index contributed by atoms with van der Waals surface area (Å²) < 4.78 is 23.6. The molecule has 0 saturated carbocycles. The number of benzene rings is 1. The summed E-state index contributed by atoms with van der Waals surface area (Å²) in [6.45, 7) is 3.96. The van der Waals surface area contributed by atoms with E-state index in [4.69, 9.17) is 9.47 Å². The molecule has 5 heteroatoms. The first kappa shape index (κ1) is 14.4. The average molecular weight is 255 g/mol. The van der Waals surface area contributed by atoms with Gasteiger partial charge in [0, 0.05) is 19.7 Å². The normalized spacial score (nSPS) is 11.2. The maximum absolute atomic E-state index is 13.6. The summed E-state index contributed by atoms with van der Waals surface area (Å²) in [5.74, 6) is -0.705. The van der Waals surface area contributed by atoms with Crippen molar-refractivity contribution in [1.82, 2.24) is 5.32 Å². The number of nitrogens with one attached hydrogen (secondary N) is 1. The predicted octanol–water partition coefficient (Wildman–Crippen LogP) is 1.99. The van der Waals surface area contributed by atoms with Gasteiger partial charge in [0.05, 0.1) is 18.3 Å². The van der Waals surface area contributed by atoms with Crippen LogP contribution >= 0.6 is 0 Å². The molecule has 1 aromatic rings. The quantitative estimate of drug-likeness (QED) is 0.875. The summed E-state index contributed by atoms with van der Waals surface area (Å²) in [6.07, 6.45) is 0. The van der Waals surface area contributed by atoms with Crippen molar-refractivity contribution in [3.05, 3.63) is 29.6 Å². The van der Waals surface area contributed by atoms with E-state index in [-0.39, 0.29) is 5.56 Å². The molecule has 1 rings (SSSR count). The van der Waals surface area contributed by atoms with E-state index in [0.717, 1.165) is 0 Å². The zero-order valence-electron chi connectivity index (χ0n) is 11.0. The van der Waals surface area contributed by atoms with E-state index in [9.17, 15) is 9.18 Å². The largest absolute Gasteiger partial charge is 0.497 e. The summed E-state index contributed by atoms with van der Waals surface area (Å²) in [5, 5.41) is 2.62. The van der Waals surface area contributed by atoms with Crippen LogP contribution in [0.3, 0.4) is 0 Å². The van der Waals surface area contributed by atoms with Crippen molar-refractivity contribution in [3.63, 3.8) is 0 Å². The van der Waals surface area contributed by atoms with Crippen LogP contribution in [0.5, 0.6) is 5.75 Å². The Kier molecular flexibility index (Phi) is 4.67. The second-order valence-electron chi connectivity index (χ2n) is 4.49. The van der Waals surface area contributed by atoms with Gasteiger partial charge in [-0.15, -0.1) is 0 Å². The molecule has 0 aliphatic rings. The van der Waals surface area contributed by atoms with Crippen molar-refractivity contribution in [2.75, 3.05) is 20.8 Å². The van der Waals surface area contributed by atoms with Gasteiger partial charge in [-0.25, -0.2) is 4.39 Å². The van der Waals surface area contributed by atoms with Gasteiger partial charge in [0.15, 0.2) is 0 Å². The van der Waals surface area contributed by atoms with Crippen LogP contribution in [0.25, 0.3) is 0 Å². The van der Waals surface area contributed by atoms with Gasteiger partial charge in [-0.2, -0.15) is 0 Å². The van der Waals surface area contributed by atoms with Gasteiger partial charge in [-0.1, -0.05) is 0 Å². The lowest BCUT2D eigenvalue weighted by atomic mass is 10.1. The van der Waals surface area contributed by atoms with E-state index in [2.05, 4.69) is 5.32 Å². The molecule has 0 unspecified atom stereocenters. The topological polar surface area (TPSA) is 47.6 Å². The highest BCUT2D eigenvalue weighted by atomic mass is 19.1. The highest BCUT2D eigenvalue weighted by molar-refractivity contribution is 5.94. The van der Waals surface area contributed by atoms with E-state index in [0.29, 0.717) is 12.3 Å². The molecule has 0 spiro atoms. The third kappa shape index (κ3) is 3.70. The molecule has 0 radical (unpaired) electrons. The number of halogens is 1. The minimum atomic E-state index is -0.609. The van der Waals surface area contributed by atoms with Crippen LogP contribution in [0.4, 0.5) is 4.39 Å². The van der Waals surface area contributed by atoms with Crippen LogP contribution in [0.15, 0.2) is 18.2 Å². The number of methoxy groups -OCH3 is 2. The molecule has 0 saturated heterocycles. The molecule has 0 bridgehead atoms. The van der Waals surface area contributed by atoms with Gasteiger partial charge in [0.2, 0.25) is 0 Å². The van der Waals surface area contributed by atoms with Crippen molar-refractivity contribution in [1.29, 1.82) is 0 Å². The van der Waals surface area contributed by atoms with E-state index in [1.165, 1.54) is 19.2 Å². The van der Waals surface area contributed by atoms with E-state index < -0.39 is 17.3 Å². The van der Waals surface area contributed by atoms with Crippen LogP contribution in [0.2, 0.25) is 0 Å². The standard InChI is InChI=1S/C13H18FNO3/c1-13(2,18-4)8-15-12(16)10-6-5-9(17-3)7-11(10)14/h5-7H,8H2,1-4H3,(H,15,16). The van der Waals surface area contributed by atoms with E-state index >= 15 is 0 Å². The average Bonchev–Trinajstić information content (AvgIpc) is 2.36. The predicted molar refractivity (Wildman–Crippen MR) is 66.4 cm³/mol. The SMILES string of the molecule is COc1ccc(C(=O)NCC(C)(C)OC)c(F)c1. The number of carbonyl (C=O) groups excluding carboxylic acids is 1. The highest BCUT2D eigenvalue weighted by Crippen LogP contribution is 2.16. The zero-order valence-corrected chi connectivity index (χ0v) is 11.0. The Morgan fingerprint density at radius 1 is 1.39 bits per heavy atom. The number of hydrogen-bond acceptors (Lipinski definition) is 3. The summed E-state index contributed by atoms with van der Waals surface area (Å²) in [7, 11) is 3.00. The fourth-order valence-electron chi connectivity index (χ4n) is 1.27. The lowest BCUT2D eigenvalue weighted by Crippen LogP contribution is -2.39. The van der Waals surface area contributed by atoms with Gasteiger partial charge in [0.25, 0.3) is 5.91 Å². The number of rotatable bonds is 5. The van der Waals surface area contributed by atoms with E-state index in [1.54, 1.807) is 13.2 Å². The Hall–Kier alpha value is -1.62. The van der Waals surface area contributed by atoms with Crippen molar-refractivity contribution in [2.45, 2.75) is 19.4 Å². The summed E-state index contributed by atoms with van der Waals surface area (Å²) >= 11 is 0. The van der Waals surface area contributed by atoms with Crippen LogP contribution < -0.4 is 10.1 Å². The van der Waals surface area contributed by atoms with Gasteiger partial charge in [-0.3, -0.25) is 4.79 Å². The van der Waals surface area contributed by atoms with Gasteiger partial charge in [-0.05, 0) is 26.0 Å². The third-order valence-electron chi connectivity index (χ3n) is 2.65. The Bertz CT molecular complexity index is 432. The van der Waals surface area contributed by atoms with Gasteiger partial charge < -0.3 is 14.8 Å². The molecule has 0 aliphatic carbocycles. The van der Waals surface area contributed by atoms with Crippen molar-refractivity contribution in [3.8, 4) is 5.75 Å². The fourth-order valence-corrected chi connectivity index (χ4v) is 1.27. The number of amides is 1. The Morgan fingerprint density at radius 3 is 2.56 bits per heavy atom. The van der Waals surface area contributed by atoms with Gasteiger partial charge in [0.1, 0.15) is 11.6 Å². The second kappa shape index (κ2) is 5.82. The van der Waals surface area contributed by atoms with Crippen LogP contribution in [0.1, 0.15) is 24.2 Å². The minimum absolute atomic E-state index is 0.0114. The van der Waals surface area contributed by atoms with Crippen LogP contribution in [0, 0.1) is 5.82 Å². The number of ether oxygens (including phenoxy) is 2. The summed E-state index contributed by atoms with van der Waals surface area (Å²) in [6, 6.07) is 4.11. The molecule has 1 N–H and O–H groups in total. The van der Waals surface area contributed by atoms with Crippen molar-refractivity contribution in [2.24, 2.45) is 0 Å². The van der Waals surface area contributed by atoms with E-state index in [1.807, 2.05) is 13.8 Å². The monoisotopic (exact) mass is 255 g/mol. The smallest absolute Gasteiger partial charge is 0.254 e. The molecule has 0 fully saturated rings. The van der Waals surface area contributed by atoms with Gasteiger partial charge >= 0.3 is 0 Å². The first-order valence-electron chi connectivity index (χ1n) is 5.56. The molecule has 0 atom stereocenters. The highest BCUT2D eigenvalue weighted by Gasteiger charge is 2.19. The zero-order chi connectivity index (χ0) is 13.8. The Labute approximate surface area is 106 Å². The summed E-state index contributed by atoms with van der Waals surface area (Å²) in [4.78, 5) is 11.8. The molecular formula is C13H18FNO3. The summed E-state index contributed by atoms with van der Waals surface area (Å²) in [5.41, 5.74) is -0.499. The number of hydrogen-bond donors (Lipinski definition) is 1. The third-order valence-corrected chi connectivity index (χ3v) is 2.65. The maximum Gasteiger partial charge on any atom is 0.254 e. The Morgan fingerprint density at radius 2 is 2.06 bits per heavy atom. The molecule has 0 aliphatic heterocycles. The molecule has 100 valence electrons. The Balaban J connectivity index is 2.73. The first-order chi connectivity index (χ1) is 8.39. The van der Waals surface area contributed by atoms with Crippen molar-refractivity contribution < 1.29 is 18.7 Å². The van der Waals surface area contributed by atoms with Crippen molar-refractivity contribution >= 4 is 5.91 Å². The molecular weight excluding hydrogens is 237 g/mol. The molecule has 1 amide bonds. The fraction of sp³-hybridized carbons (Fsp3) is 0.462. The maximum atomic E-state index is 13.6. The molecule has 4 nitrogen and oxygen atoms in total. The first-order valence-corrected chi connectivity index (χ1v) is 5.56. The second-order valence-corrected chi connectivity index (χ2v) is 4.49. The lowest BCUT2D eigenvalue weighted by Gasteiger charge is -2.23.